The maximum absolute atomic E-state index is 12.0. The lowest BCUT2D eigenvalue weighted by molar-refractivity contribution is 0.0876. The molecular formula is C16H21NO4. The Morgan fingerprint density at radius 3 is 2.86 bits per heavy atom. The van der Waals surface area contributed by atoms with Gasteiger partial charge in [-0.25, -0.2) is 0 Å². The van der Waals surface area contributed by atoms with Crippen molar-refractivity contribution in [3.05, 3.63) is 30.0 Å². The average molecular weight is 291 g/mol. The van der Waals surface area contributed by atoms with Crippen molar-refractivity contribution < 1.29 is 19.1 Å². The van der Waals surface area contributed by atoms with Gasteiger partial charge in [0, 0.05) is 11.9 Å². The molecule has 1 atom stereocenters. The number of ether oxygens (including phenoxy) is 1. The third-order valence-corrected chi connectivity index (χ3v) is 3.19. The van der Waals surface area contributed by atoms with Crippen LogP contribution in [0.2, 0.25) is 0 Å². The van der Waals surface area contributed by atoms with Crippen molar-refractivity contribution in [1.82, 2.24) is 5.32 Å². The van der Waals surface area contributed by atoms with Gasteiger partial charge in [-0.1, -0.05) is 26.0 Å². The number of hydrogen-bond acceptors (Lipinski definition) is 4. The van der Waals surface area contributed by atoms with Gasteiger partial charge in [0.25, 0.3) is 5.91 Å². The number of para-hydroxylation sites is 1. The Morgan fingerprint density at radius 1 is 1.43 bits per heavy atom. The number of carbonyl (C=O) groups excluding carboxylic acids is 1. The summed E-state index contributed by atoms with van der Waals surface area (Å²) in [5.41, 5.74) is 0.549. The zero-order chi connectivity index (χ0) is 15.4. The van der Waals surface area contributed by atoms with Gasteiger partial charge in [0.15, 0.2) is 17.1 Å². The van der Waals surface area contributed by atoms with Crippen molar-refractivity contribution in [1.29, 1.82) is 0 Å². The maximum Gasteiger partial charge on any atom is 0.287 e. The van der Waals surface area contributed by atoms with E-state index >= 15 is 0 Å². The van der Waals surface area contributed by atoms with Crippen LogP contribution in [0.15, 0.2) is 28.7 Å². The summed E-state index contributed by atoms with van der Waals surface area (Å²) in [6.45, 7) is 4.26. The Kier molecular flexibility index (Phi) is 4.85. The van der Waals surface area contributed by atoms with Gasteiger partial charge in [-0.3, -0.25) is 4.79 Å². The van der Waals surface area contributed by atoms with E-state index in [2.05, 4.69) is 5.32 Å². The molecule has 1 aromatic heterocycles. The summed E-state index contributed by atoms with van der Waals surface area (Å²) in [7, 11) is 1.55. The first-order valence-electron chi connectivity index (χ1n) is 7.04. The molecule has 2 N–H and O–H groups in total. The molecule has 0 aliphatic carbocycles. The monoisotopic (exact) mass is 291 g/mol. The highest BCUT2D eigenvalue weighted by Crippen LogP contribution is 2.28. The van der Waals surface area contributed by atoms with Gasteiger partial charge in [-0.05, 0) is 24.5 Å². The van der Waals surface area contributed by atoms with Crippen molar-refractivity contribution in [3.63, 3.8) is 0 Å². The van der Waals surface area contributed by atoms with Crippen molar-refractivity contribution in [2.24, 2.45) is 5.92 Å². The molecule has 0 saturated heterocycles. The molecule has 1 heterocycles. The molecule has 5 heteroatoms. The molecule has 5 nitrogen and oxygen atoms in total. The van der Waals surface area contributed by atoms with E-state index in [1.807, 2.05) is 26.0 Å². The highest BCUT2D eigenvalue weighted by atomic mass is 16.5. The minimum atomic E-state index is -0.548. The number of hydrogen-bond donors (Lipinski definition) is 2. The lowest BCUT2D eigenvalue weighted by Gasteiger charge is -2.13. The summed E-state index contributed by atoms with van der Waals surface area (Å²) in [5.74, 6) is 0.848. The Bertz CT molecular complexity index is 618. The van der Waals surface area contributed by atoms with Gasteiger partial charge in [0.05, 0.1) is 13.2 Å². The van der Waals surface area contributed by atoms with E-state index in [1.165, 1.54) is 0 Å². The minimum absolute atomic E-state index is 0.213. The number of amides is 1. The van der Waals surface area contributed by atoms with Crippen LogP contribution in [0.5, 0.6) is 5.75 Å². The van der Waals surface area contributed by atoms with Crippen LogP contribution in [-0.4, -0.2) is 30.8 Å². The van der Waals surface area contributed by atoms with Crippen LogP contribution in [0.4, 0.5) is 0 Å². The molecule has 1 aromatic carbocycles. The largest absolute Gasteiger partial charge is 0.493 e. The minimum Gasteiger partial charge on any atom is -0.493 e. The summed E-state index contributed by atoms with van der Waals surface area (Å²) < 4.78 is 10.7. The van der Waals surface area contributed by atoms with Gasteiger partial charge < -0.3 is 19.6 Å². The predicted molar refractivity (Wildman–Crippen MR) is 80.6 cm³/mol. The van der Waals surface area contributed by atoms with E-state index in [0.29, 0.717) is 23.7 Å². The standard InChI is InChI=1S/C16H21NO4/c1-10(2)7-12(18)9-17-16(19)14-8-11-5-4-6-13(20-3)15(11)21-14/h4-6,8,10,12,18H,7,9H2,1-3H3,(H,17,19). The second-order valence-electron chi connectivity index (χ2n) is 5.48. The second kappa shape index (κ2) is 6.63. The summed E-state index contributed by atoms with van der Waals surface area (Å²) in [6.07, 6.45) is 0.0988. The number of rotatable bonds is 6. The molecule has 21 heavy (non-hydrogen) atoms. The van der Waals surface area contributed by atoms with Gasteiger partial charge in [-0.2, -0.15) is 0 Å². The molecule has 0 fully saturated rings. The molecule has 0 radical (unpaired) electrons. The third-order valence-electron chi connectivity index (χ3n) is 3.19. The van der Waals surface area contributed by atoms with Crippen molar-refractivity contribution in [2.45, 2.75) is 26.4 Å². The number of nitrogens with one attached hydrogen (secondary N) is 1. The maximum atomic E-state index is 12.0. The highest BCUT2D eigenvalue weighted by Gasteiger charge is 2.16. The average Bonchev–Trinajstić information content (AvgIpc) is 2.87. The zero-order valence-electron chi connectivity index (χ0n) is 12.6. The fourth-order valence-electron chi connectivity index (χ4n) is 2.23. The van der Waals surface area contributed by atoms with Crippen molar-refractivity contribution in [3.8, 4) is 5.75 Å². The summed E-state index contributed by atoms with van der Waals surface area (Å²) in [5, 5.41) is 13.3. The number of furan rings is 1. The first-order valence-corrected chi connectivity index (χ1v) is 7.04. The van der Waals surface area contributed by atoms with Crippen LogP contribution >= 0.6 is 0 Å². The van der Waals surface area contributed by atoms with E-state index in [9.17, 15) is 9.90 Å². The molecule has 0 bridgehead atoms. The number of aliphatic hydroxyl groups excluding tert-OH is 1. The molecular weight excluding hydrogens is 270 g/mol. The van der Waals surface area contributed by atoms with Crippen LogP contribution in [0, 0.1) is 5.92 Å². The molecule has 114 valence electrons. The van der Waals surface area contributed by atoms with Gasteiger partial charge in [-0.15, -0.1) is 0 Å². The molecule has 0 spiro atoms. The van der Waals surface area contributed by atoms with Crippen molar-refractivity contribution in [2.75, 3.05) is 13.7 Å². The molecule has 0 aliphatic heterocycles. The van der Waals surface area contributed by atoms with Crippen LogP contribution in [0.25, 0.3) is 11.0 Å². The van der Waals surface area contributed by atoms with E-state index in [0.717, 1.165) is 5.39 Å². The first-order chi connectivity index (χ1) is 10.0. The summed E-state index contributed by atoms with van der Waals surface area (Å²) in [4.78, 5) is 12.0. The topological polar surface area (TPSA) is 71.7 Å². The van der Waals surface area contributed by atoms with Crippen LogP contribution < -0.4 is 10.1 Å². The third kappa shape index (κ3) is 3.76. The van der Waals surface area contributed by atoms with Gasteiger partial charge >= 0.3 is 0 Å². The normalized spacial score (nSPS) is 12.6. The Morgan fingerprint density at radius 2 is 2.19 bits per heavy atom. The molecule has 2 rings (SSSR count). The fraction of sp³-hybridized carbons (Fsp3) is 0.438. The van der Waals surface area contributed by atoms with Crippen LogP contribution in [0.1, 0.15) is 30.8 Å². The Balaban J connectivity index is 2.06. The first kappa shape index (κ1) is 15.4. The number of aliphatic hydroxyl groups is 1. The number of fused-ring (bicyclic) bond motifs is 1. The number of benzene rings is 1. The molecule has 0 saturated carbocycles. The van der Waals surface area contributed by atoms with Crippen LogP contribution in [0.3, 0.4) is 0 Å². The molecule has 1 amide bonds. The highest BCUT2D eigenvalue weighted by molar-refractivity contribution is 5.97. The second-order valence-corrected chi connectivity index (χ2v) is 5.48. The van der Waals surface area contributed by atoms with Crippen molar-refractivity contribution >= 4 is 16.9 Å². The van der Waals surface area contributed by atoms with Gasteiger partial charge in [0.1, 0.15) is 0 Å². The molecule has 1 unspecified atom stereocenters. The van der Waals surface area contributed by atoms with Gasteiger partial charge in [0.2, 0.25) is 0 Å². The zero-order valence-corrected chi connectivity index (χ0v) is 12.6. The number of carbonyl (C=O) groups is 1. The quantitative estimate of drug-likeness (QED) is 0.858. The summed E-state index contributed by atoms with van der Waals surface area (Å²) in [6, 6.07) is 7.14. The number of methoxy groups -OCH3 is 1. The lowest BCUT2D eigenvalue weighted by atomic mass is 10.1. The van der Waals surface area contributed by atoms with E-state index in [4.69, 9.17) is 9.15 Å². The predicted octanol–water partition coefficient (Wildman–Crippen LogP) is 2.58. The lowest BCUT2D eigenvalue weighted by Crippen LogP contribution is -2.32. The van der Waals surface area contributed by atoms with E-state index in [1.54, 1.807) is 19.2 Å². The molecule has 0 aliphatic rings. The Hall–Kier alpha value is -2.01. The van der Waals surface area contributed by atoms with E-state index in [-0.39, 0.29) is 18.2 Å². The SMILES string of the molecule is COc1cccc2cc(C(=O)NCC(O)CC(C)C)oc12. The summed E-state index contributed by atoms with van der Waals surface area (Å²) >= 11 is 0. The molecule has 2 aromatic rings. The van der Waals surface area contributed by atoms with E-state index < -0.39 is 6.10 Å². The van der Waals surface area contributed by atoms with Crippen LogP contribution in [-0.2, 0) is 0 Å². The smallest absolute Gasteiger partial charge is 0.287 e. The fourth-order valence-corrected chi connectivity index (χ4v) is 2.23. The Labute approximate surface area is 123 Å².